The summed E-state index contributed by atoms with van der Waals surface area (Å²) >= 11 is 0. The topological polar surface area (TPSA) is 263 Å². The number of aryl methyl sites for hydroxylation is 4. The fourth-order valence-electron chi connectivity index (χ4n) is 8.26. The molecule has 8 rings (SSSR count). The van der Waals surface area contributed by atoms with Gasteiger partial charge in [-0.1, -0.05) is 71.8 Å². The summed E-state index contributed by atoms with van der Waals surface area (Å²) in [5, 5.41) is 32.8. The zero-order valence-corrected chi connectivity index (χ0v) is 49.3. The van der Waals surface area contributed by atoms with E-state index in [0.717, 1.165) is 38.2 Å². The molecule has 8 aromatic rings. The van der Waals surface area contributed by atoms with E-state index in [1.165, 1.54) is 5.56 Å². The van der Waals surface area contributed by atoms with E-state index in [-0.39, 0.29) is 31.5 Å². The van der Waals surface area contributed by atoms with Crippen LogP contribution in [0.2, 0.25) is 0 Å². The summed E-state index contributed by atoms with van der Waals surface area (Å²) in [6.07, 6.45) is 5.60. The molecule has 0 spiro atoms. The van der Waals surface area contributed by atoms with Crippen molar-refractivity contribution in [2.75, 3.05) is 36.9 Å². The molecule has 444 valence electrons. The molecule has 2 aromatic heterocycles. The second-order valence-corrected chi connectivity index (χ2v) is 21.9. The second-order valence-electron chi connectivity index (χ2n) is 21.9. The quantitative estimate of drug-likeness (QED) is 0.0366. The normalized spacial score (nSPS) is 11.6. The number of fused-ring (bicyclic) bond motifs is 2. The first-order valence-electron chi connectivity index (χ1n) is 27.2. The number of hydrogen-bond acceptors (Lipinski definition) is 14. The molecule has 0 aliphatic rings. The van der Waals surface area contributed by atoms with Crippen LogP contribution < -0.4 is 35.5 Å². The van der Waals surface area contributed by atoms with Crippen LogP contribution in [-0.4, -0.2) is 93.6 Å². The number of aromatic hydroxyl groups is 1. The van der Waals surface area contributed by atoms with Crippen LogP contribution in [0.25, 0.3) is 21.5 Å². The van der Waals surface area contributed by atoms with Crippen LogP contribution in [0.5, 0.6) is 23.0 Å². The maximum atomic E-state index is 13.5. The summed E-state index contributed by atoms with van der Waals surface area (Å²) in [5.41, 5.74) is 5.17. The van der Waals surface area contributed by atoms with E-state index in [9.17, 15) is 28.8 Å². The highest BCUT2D eigenvalue weighted by molar-refractivity contribution is 5.99. The van der Waals surface area contributed by atoms with Crippen molar-refractivity contribution in [2.24, 2.45) is 0 Å². The van der Waals surface area contributed by atoms with Gasteiger partial charge in [0.1, 0.15) is 34.2 Å². The van der Waals surface area contributed by atoms with Crippen LogP contribution in [0.3, 0.4) is 0 Å². The average Bonchev–Trinajstić information content (AvgIpc) is 3.59. The number of pyridine rings is 2. The molecule has 0 radical (unpaired) electrons. The summed E-state index contributed by atoms with van der Waals surface area (Å²) in [4.78, 5) is 82.5. The fraction of sp³-hybridized carbons (Fsp3) is 0.273. The number of esters is 1. The Morgan fingerprint density at radius 2 is 0.941 bits per heavy atom. The number of ether oxygens (including phenoxy) is 5. The number of benzene rings is 6. The Balaban J connectivity index is 0.000000241. The van der Waals surface area contributed by atoms with E-state index in [1.54, 1.807) is 139 Å². The van der Waals surface area contributed by atoms with Crippen molar-refractivity contribution in [1.29, 1.82) is 0 Å². The van der Waals surface area contributed by atoms with Crippen molar-refractivity contribution in [3.05, 3.63) is 192 Å². The van der Waals surface area contributed by atoms with E-state index < -0.39 is 53.8 Å². The minimum Gasteiger partial charge on any atom is -0.508 e. The van der Waals surface area contributed by atoms with Gasteiger partial charge < -0.3 is 55.2 Å². The minimum absolute atomic E-state index is 0.000673. The molecule has 2 unspecified atom stereocenters. The van der Waals surface area contributed by atoms with Gasteiger partial charge in [0, 0.05) is 60.0 Å². The van der Waals surface area contributed by atoms with Crippen LogP contribution >= 0.6 is 0 Å². The van der Waals surface area contributed by atoms with Crippen LogP contribution in [0.1, 0.15) is 86.8 Å². The van der Waals surface area contributed by atoms with Crippen molar-refractivity contribution in [2.45, 2.75) is 92.3 Å². The molecule has 85 heavy (non-hydrogen) atoms. The predicted octanol–water partition coefficient (Wildman–Crippen LogP) is 12.0. The minimum atomic E-state index is -1.09. The molecule has 4 amide bonds. The van der Waals surface area contributed by atoms with Gasteiger partial charge in [0.15, 0.2) is 13.2 Å². The van der Waals surface area contributed by atoms with Gasteiger partial charge in [-0.3, -0.25) is 19.6 Å². The number of phenols is 1. The number of carbonyl (C=O) groups excluding carboxylic acids is 5. The molecule has 0 saturated carbocycles. The van der Waals surface area contributed by atoms with Crippen LogP contribution in [0.15, 0.2) is 158 Å². The fourth-order valence-corrected chi connectivity index (χ4v) is 8.26. The Hall–Kier alpha value is -10.0. The molecule has 0 aliphatic carbocycles. The maximum Gasteiger partial charge on any atom is 0.407 e. The second kappa shape index (κ2) is 29.8. The number of alkyl carbamates (subject to hydrolysis) is 2. The van der Waals surface area contributed by atoms with Crippen molar-refractivity contribution >= 4 is 68.9 Å². The van der Waals surface area contributed by atoms with E-state index in [1.807, 2.05) is 88.4 Å². The number of nitrogens with one attached hydrogen (secondary N) is 4. The van der Waals surface area contributed by atoms with E-state index in [4.69, 9.17) is 33.9 Å². The number of amides is 4. The summed E-state index contributed by atoms with van der Waals surface area (Å²) < 4.78 is 26.8. The van der Waals surface area contributed by atoms with Crippen molar-refractivity contribution in [1.82, 2.24) is 20.6 Å². The number of rotatable bonds is 17. The summed E-state index contributed by atoms with van der Waals surface area (Å²) in [5.74, 6) is -2.10. The molecule has 2 atom stereocenters. The van der Waals surface area contributed by atoms with E-state index in [2.05, 4.69) is 31.2 Å². The Morgan fingerprint density at radius 3 is 1.35 bits per heavy atom. The lowest BCUT2D eigenvalue weighted by atomic mass is 9.97. The first kappa shape index (κ1) is 64.1. The number of nitrogens with zero attached hydrogens (tertiary/aromatic N) is 2. The van der Waals surface area contributed by atoms with Crippen molar-refractivity contribution in [3.8, 4) is 23.0 Å². The lowest BCUT2D eigenvalue weighted by Gasteiger charge is -2.22. The van der Waals surface area contributed by atoms with Crippen molar-refractivity contribution < 1.29 is 62.7 Å². The standard InChI is InChI=1S/C33H35N3O6.C25H27N3O6.C8H10O/c1-21-6-13-29(22(2)16-21)41-30(37)20-40-27-11-8-23(9-12-27)28(19-35-32(39)42-33(3,4)5)31(38)36-26-10-7-25-18-34-15-14-24(25)17-26;1-25(2,3)34-24(32)27-14-21(16-5-8-20(9-6-16)33-15-22(29)30)23(31)28-19-7-4-18-13-26-11-10-17(18)12-19;1-6-3-4-8(9)7(2)5-6/h6-18,28H,19-20H2,1-5H3,(H,35,39)(H,36,38);4-13,21H,14-15H2,1-3H3,(H,27,32)(H,28,31)(H,29,30);3-5,9H,1-2H3. The van der Waals surface area contributed by atoms with Gasteiger partial charge in [-0.2, -0.15) is 0 Å². The Labute approximate surface area is 494 Å². The van der Waals surface area contributed by atoms with Gasteiger partial charge in [0.05, 0.1) is 11.8 Å². The Morgan fingerprint density at radius 1 is 0.506 bits per heavy atom. The highest BCUT2D eigenvalue weighted by atomic mass is 16.6. The van der Waals surface area contributed by atoms with Gasteiger partial charge in [-0.05, 0) is 175 Å². The SMILES string of the molecule is CC(C)(C)OC(=O)NCC(C(=O)Nc1ccc2cnccc2c1)c1ccc(OCC(=O)O)cc1.Cc1ccc(O)c(C)c1.Cc1ccc(OC(=O)COc2ccc(C(CNC(=O)OC(C)(C)C)C(=O)Nc3ccc4cnccc4c3)cc2)c(C)c1. The lowest BCUT2D eigenvalue weighted by Crippen LogP contribution is -2.37. The molecule has 19 heteroatoms. The molecule has 19 nitrogen and oxygen atoms in total. The third-order valence-electron chi connectivity index (χ3n) is 12.3. The summed E-state index contributed by atoms with van der Waals surface area (Å²) in [7, 11) is 0. The molecule has 6 aromatic carbocycles. The summed E-state index contributed by atoms with van der Waals surface area (Å²) in [6.45, 7) is 17.5. The number of aromatic nitrogens is 2. The number of aliphatic carboxylic acids is 1. The molecule has 2 heterocycles. The van der Waals surface area contributed by atoms with Gasteiger partial charge >= 0.3 is 24.1 Å². The molecule has 6 N–H and O–H groups in total. The van der Waals surface area contributed by atoms with Crippen LogP contribution in [0, 0.1) is 27.7 Å². The number of hydrogen-bond donors (Lipinski definition) is 6. The Bertz CT molecular complexity index is 3620. The highest BCUT2D eigenvalue weighted by Crippen LogP contribution is 2.27. The molecule has 0 fully saturated rings. The first-order chi connectivity index (χ1) is 40.3. The lowest BCUT2D eigenvalue weighted by molar-refractivity contribution is -0.139. The van der Waals surface area contributed by atoms with E-state index in [0.29, 0.717) is 45.5 Å². The third kappa shape index (κ3) is 21.3. The molecule has 0 saturated heterocycles. The highest BCUT2D eigenvalue weighted by Gasteiger charge is 2.26. The molecule has 0 bridgehead atoms. The van der Waals surface area contributed by atoms with Crippen LogP contribution in [-0.2, 0) is 28.7 Å². The van der Waals surface area contributed by atoms with Crippen LogP contribution in [0.4, 0.5) is 21.0 Å². The van der Waals surface area contributed by atoms with Crippen molar-refractivity contribution in [3.63, 3.8) is 0 Å². The third-order valence-corrected chi connectivity index (χ3v) is 12.3. The first-order valence-corrected chi connectivity index (χ1v) is 27.2. The monoisotopic (exact) mass is 1160 g/mol. The average molecular weight is 1160 g/mol. The van der Waals surface area contributed by atoms with Gasteiger partial charge in [-0.25, -0.2) is 19.2 Å². The van der Waals surface area contributed by atoms with Gasteiger partial charge in [-0.15, -0.1) is 0 Å². The number of carboxylic acid groups (broad SMARTS) is 1. The number of phenolic OH excluding ortho intramolecular Hbond substituents is 1. The largest absolute Gasteiger partial charge is 0.508 e. The zero-order valence-electron chi connectivity index (χ0n) is 49.3. The molecular formula is C66H72N6O13. The zero-order chi connectivity index (χ0) is 61.8. The number of carbonyl (C=O) groups is 6. The Kier molecular flexibility index (Phi) is 22.5. The van der Waals surface area contributed by atoms with E-state index >= 15 is 0 Å². The summed E-state index contributed by atoms with van der Waals surface area (Å²) in [6, 6.07) is 39.1. The molecule has 0 aliphatic heterocycles. The predicted molar refractivity (Wildman–Crippen MR) is 325 cm³/mol. The smallest absolute Gasteiger partial charge is 0.407 e. The molecular weight excluding hydrogens is 1080 g/mol. The maximum absolute atomic E-state index is 13.5. The van der Waals surface area contributed by atoms with Gasteiger partial charge in [0.25, 0.3) is 0 Å². The number of anilines is 2. The van der Waals surface area contributed by atoms with Gasteiger partial charge in [0.2, 0.25) is 11.8 Å². The number of carboxylic acids is 1.